The molecule has 1 saturated carbocycles. The van der Waals surface area contributed by atoms with Crippen LogP contribution in [0.15, 0.2) is 47.7 Å². The highest BCUT2D eigenvalue weighted by Gasteiger charge is 2.57. The number of nitrogens with one attached hydrogen (secondary N) is 1. The molecule has 1 aliphatic carbocycles. The van der Waals surface area contributed by atoms with Crippen LogP contribution >= 0.6 is 11.6 Å². The van der Waals surface area contributed by atoms with E-state index in [1.165, 1.54) is 22.0 Å². The number of hydrogen-bond donors (Lipinski definition) is 3. The van der Waals surface area contributed by atoms with Crippen LogP contribution in [0.5, 0.6) is 0 Å². The van der Waals surface area contributed by atoms with Crippen LogP contribution in [0.25, 0.3) is 0 Å². The number of benzene rings is 1. The summed E-state index contributed by atoms with van der Waals surface area (Å²) in [6.45, 7) is 2.23. The summed E-state index contributed by atoms with van der Waals surface area (Å²) >= 11 is 5.88. The molecule has 2 aliphatic heterocycles. The van der Waals surface area contributed by atoms with Crippen molar-refractivity contribution in [2.45, 2.75) is 49.0 Å². The van der Waals surface area contributed by atoms with E-state index in [2.05, 4.69) is 5.32 Å². The third kappa shape index (κ3) is 4.97. The molecule has 190 valence electrons. The van der Waals surface area contributed by atoms with Crippen LogP contribution in [-0.2, 0) is 26.0 Å². The minimum atomic E-state index is -3.51. The average Bonchev–Trinajstić information content (AvgIpc) is 3.62. The summed E-state index contributed by atoms with van der Waals surface area (Å²) in [4.78, 5) is 28.9. The van der Waals surface area contributed by atoms with E-state index in [0.717, 1.165) is 5.56 Å². The number of rotatable bonds is 9. The van der Waals surface area contributed by atoms with E-state index in [-0.39, 0.29) is 56.4 Å². The van der Waals surface area contributed by atoms with E-state index in [0.29, 0.717) is 17.9 Å². The summed E-state index contributed by atoms with van der Waals surface area (Å²) in [6.07, 6.45) is 2.78. The second-order valence-corrected chi connectivity index (χ2v) is 12.5. The van der Waals surface area contributed by atoms with Crippen molar-refractivity contribution in [1.82, 2.24) is 15.1 Å². The van der Waals surface area contributed by atoms with Gasteiger partial charge in [0.25, 0.3) is 11.8 Å². The molecule has 1 saturated heterocycles. The number of piperazine rings is 1. The molecule has 0 aromatic heterocycles. The van der Waals surface area contributed by atoms with Gasteiger partial charge in [0, 0.05) is 37.8 Å². The first-order valence-corrected chi connectivity index (χ1v) is 13.5. The zero-order valence-electron chi connectivity index (χ0n) is 19.5. The van der Waals surface area contributed by atoms with Crippen molar-refractivity contribution in [2.75, 3.05) is 26.2 Å². The molecule has 0 radical (unpaired) electrons. The monoisotopic (exact) mass is 523 g/mol. The smallest absolute Gasteiger partial charge is 0.270 e. The highest BCUT2D eigenvalue weighted by Crippen LogP contribution is 2.47. The maximum Gasteiger partial charge on any atom is 0.270 e. The first-order valence-electron chi connectivity index (χ1n) is 11.6. The third-order valence-electron chi connectivity index (χ3n) is 7.00. The Labute approximate surface area is 210 Å². The Morgan fingerprint density at radius 2 is 1.91 bits per heavy atom. The van der Waals surface area contributed by atoms with Crippen molar-refractivity contribution in [1.29, 1.82) is 0 Å². The normalized spacial score (nSPS) is 22.2. The molecule has 11 heteroatoms. The lowest BCUT2D eigenvalue weighted by atomic mass is 10.0. The van der Waals surface area contributed by atoms with Gasteiger partial charge in [0.15, 0.2) is 16.1 Å². The molecule has 2 amide bonds. The summed E-state index contributed by atoms with van der Waals surface area (Å²) in [5, 5.41) is 22.7. The average molecular weight is 524 g/mol. The predicted octanol–water partition coefficient (Wildman–Crippen LogP) is 0.961. The van der Waals surface area contributed by atoms with E-state index in [9.17, 15) is 23.1 Å². The maximum absolute atomic E-state index is 13.2. The molecule has 2 atom stereocenters. The van der Waals surface area contributed by atoms with Crippen LogP contribution in [0, 0.1) is 0 Å². The zero-order chi connectivity index (χ0) is 25.4. The summed E-state index contributed by atoms with van der Waals surface area (Å²) in [5.41, 5.74) is 1.21. The largest absolute Gasteiger partial charge is 0.396 e. The SMILES string of the molecule is C[C@H](CCO)S(=O)(=O)C1(CN2CCN3C(=CC=C(C(=O)NCc4ccc(Cl)cc4)C3O)C2=O)CC1. The number of halogens is 1. The molecule has 3 N–H and O–H groups in total. The number of amides is 2. The standard InChI is InChI=1S/C24H30ClN3O6S/c1-16(8-13-29)35(33,34)24(9-10-24)15-27-11-12-28-20(23(27)32)7-6-19(22(28)31)21(30)26-14-17-2-4-18(25)5-3-17/h2-7,16,22,29,31H,8-15H2,1H3,(H,26,30)/t16-,22?/m1/s1. The Balaban J connectivity index is 1.44. The Hall–Kier alpha value is -2.40. The molecule has 4 rings (SSSR count). The zero-order valence-corrected chi connectivity index (χ0v) is 21.1. The van der Waals surface area contributed by atoms with Crippen molar-refractivity contribution in [3.05, 3.63) is 58.3 Å². The van der Waals surface area contributed by atoms with E-state index < -0.39 is 32.0 Å². The van der Waals surface area contributed by atoms with E-state index in [1.54, 1.807) is 31.2 Å². The highest BCUT2D eigenvalue weighted by atomic mass is 35.5. The molecule has 2 fully saturated rings. The van der Waals surface area contributed by atoms with Gasteiger partial charge in [-0.1, -0.05) is 23.7 Å². The number of carbonyl (C=O) groups excluding carboxylic acids is 2. The molecule has 1 unspecified atom stereocenters. The van der Waals surface area contributed by atoms with Gasteiger partial charge in [-0.05, 0) is 56.0 Å². The number of aliphatic hydroxyl groups excluding tert-OH is 2. The van der Waals surface area contributed by atoms with Gasteiger partial charge >= 0.3 is 0 Å². The van der Waals surface area contributed by atoms with Crippen LogP contribution in [0.2, 0.25) is 5.02 Å². The first-order chi connectivity index (χ1) is 16.6. The number of sulfone groups is 1. The molecule has 35 heavy (non-hydrogen) atoms. The lowest BCUT2D eigenvalue weighted by molar-refractivity contribution is -0.135. The Bertz CT molecular complexity index is 1160. The van der Waals surface area contributed by atoms with Crippen molar-refractivity contribution in [3.63, 3.8) is 0 Å². The quantitative estimate of drug-likeness (QED) is 0.440. The van der Waals surface area contributed by atoms with Crippen molar-refractivity contribution >= 4 is 33.3 Å². The fourth-order valence-corrected chi connectivity index (χ4v) is 7.00. The van der Waals surface area contributed by atoms with Crippen LogP contribution in [0.1, 0.15) is 31.7 Å². The van der Waals surface area contributed by atoms with Gasteiger partial charge in [-0.25, -0.2) is 8.42 Å². The van der Waals surface area contributed by atoms with Crippen molar-refractivity contribution < 1.29 is 28.2 Å². The van der Waals surface area contributed by atoms with E-state index in [1.807, 2.05) is 0 Å². The fraction of sp³-hybridized carbons (Fsp3) is 0.500. The van der Waals surface area contributed by atoms with Crippen LogP contribution < -0.4 is 5.32 Å². The minimum absolute atomic E-state index is 0.0867. The molecule has 2 heterocycles. The third-order valence-corrected chi connectivity index (χ3v) is 10.3. The van der Waals surface area contributed by atoms with Gasteiger partial charge in [-0.15, -0.1) is 0 Å². The number of nitrogens with zero attached hydrogens (tertiary/aromatic N) is 2. The van der Waals surface area contributed by atoms with Gasteiger partial charge in [0.2, 0.25) is 0 Å². The van der Waals surface area contributed by atoms with E-state index in [4.69, 9.17) is 16.7 Å². The molecule has 0 bridgehead atoms. The summed E-state index contributed by atoms with van der Waals surface area (Å²) in [6, 6.07) is 7.04. The van der Waals surface area contributed by atoms with Gasteiger partial charge in [-0.3, -0.25) is 9.59 Å². The Kier molecular flexibility index (Phi) is 7.28. The molecular formula is C24H30ClN3O6S. The molecule has 1 aromatic rings. The van der Waals surface area contributed by atoms with Crippen molar-refractivity contribution in [3.8, 4) is 0 Å². The Morgan fingerprint density at radius 1 is 1.23 bits per heavy atom. The van der Waals surface area contributed by atoms with Crippen LogP contribution in [-0.4, -0.2) is 82.7 Å². The lowest BCUT2D eigenvalue weighted by Crippen LogP contribution is -2.56. The lowest BCUT2D eigenvalue weighted by Gasteiger charge is -2.42. The van der Waals surface area contributed by atoms with Gasteiger partial charge in [-0.2, -0.15) is 0 Å². The summed E-state index contributed by atoms with van der Waals surface area (Å²) < 4.78 is 25.1. The number of hydrogen-bond acceptors (Lipinski definition) is 7. The molecule has 1 aromatic carbocycles. The van der Waals surface area contributed by atoms with Crippen LogP contribution in [0.3, 0.4) is 0 Å². The van der Waals surface area contributed by atoms with Gasteiger partial charge in [0.1, 0.15) is 5.70 Å². The summed E-state index contributed by atoms with van der Waals surface area (Å²) in [5.74, 6) is -0.818. The first kappa shape index (κ1) is 25.7. The maximum atomic E-state index is 13.2. The van der Waals surface area contributed by atoms with E-state index >= 15 is 0 Å². The van der Waals surface area contributed by atoms with Crippen molar-refractivity contribution in [2.24, 2.45) is 0 Å². The van der Waals surface area contributed by atoms with Crippen LogP contribution in [0.4, 0.5) is 0 Å². The molecule has 9 nitrogen and oxygen atoms in total. The Morgan fingerprint density at radius 3 is 2.54 bits per heavy atom. The number of aliphatic hydroxyl groups is 2. The number of fused-ring (bicyclic) bond motifs is 1. The number of carbonyl (C=O) groups is 2. The summed E-state index contributed by atoms with van der Waals surface area (Å²) in [7, 11) is -3.51. The van der Waals surface area contributed by atoms with Gasteiger partial charge < -0.3 is 25.3 Å². The minimum Gasteiger partial charge on any atom is -0.396 e. The molecular weight excluding hydrogens is 494 g/mol. The number of allylic oxidation sites excluding steroid dienone is 2. The van der Waals surface area contributed by atoms with Gasteiger partial charge in [0.05, 0.1) is 15.6 Å². The fourth-order valence-electron chi connectivity index (χ4n) is 4.59. The molecule has 0 spiro atoms. The second kappa shape index (κ2) is 9.93. The topological polar surface area (TPSA) is 127 Å². The predicted molar refractivity (Wildman–Crippen MR) is 131 cm³/mol. The molecule has 3 aliphatic rings. The highest BCUT2D eigenvalue weighted by molar-refractivity contribution is 7.93. The second-order valence-electron chi connectivity index (χ2n) is 9.33.